The van der Waals surface area contributed by atoms with Crippen molar-refractivity contribution in [2.24, 2.45) is 5.92 Å². The van der Waals surface area contributed by atoms with Crippen molar-refractivity contribution >= 4 is 11.6 Å². The van der Waals surface area contributed by atoms with Crippen LogP contribution in [0.25, 0.3) is 0 Å². The number of hydrogen-bond donors (Lipinski definition) is 1. The van der Waals surface area contributed by atoms with Crippen LogP contribution in [-0.2, 0) is 11.2 Å². The van der Waals surface area contributed by atoms with E-state index in [1.54, 1.807) is 7.11 Å². The third-order valence-electron chi connectivity index (χ3n) is 5.52. The molecule has 0 bridgehead atoms. The average Bonchev–Trinajstić information content (AvgIpc) is 3.43. The maximum absolute atomic E-state index is 12.9. The van der Waals surface area contributed by atoms with Crippen molar-refractivity contribution in [2.75, 3.05) is 18.6 Å². The molecule has 0 aromatic heterocycles. The lowest BCUT2D eigenvalue weighted by atomic mass is 10.0. The normalized spacial score (nSPS) is 19.9. The van der Waals surface area contributed by atoms with Crippen LogP contribution >= 0.6 is 0 Å². The number of fused-ring (bicyclic) bond motifs is 1. The SMILES string of the molecule is COc1ccc(C(NCC(=O)N2c3ccccc3CC2C)C2CC2)cc1. The maximum Gasteiger partial charge on any atom is 0.241 e. The molecule has 1 N–H and O–H groups in total. The zero-order valence-electron chi connectivity index (χ0n) is 15.4. The van der Waals surface area contributed by atoms with Crippen LogP contribution < -0.4 is 15.0 Å². The van der Waals surface area contributed by atoms with Gasteiger partial charge in [0.25, 0.3) is 0 Å². The van der Waals surface area contributed by atoms with Crippen molar-refractivity contribution < 1.29 is 9.53 Å². The predicted octanol–water partition coefficient (Wildman–Crippen LogP) is 3.71. The van der Waals surface area contributed by atoms with Gasteiger partial charge in [0.1, 0.15) is 5.75 Å². The molecule has 2 aliphatic rings. The Morgan fingerprint density at radius 3 is 2.62 bits per heavy atom. The highest BCUT2D eigenvalue weighted by Gasteiger charge is 2.34. The summed E-state index contributed by atoms with van der Waals surface area (Å²) < 4.78 is 5.25. The molecule has 2 aromatic carbocycles. The Hall–Kier alpha value is -2.33. The molecule has 1 aliphatic heterocycles. The van der Waals surface area contributed by atoms with Gasteiger partial charge in [-0.05, 0) is 61.4 Å². The second-order valence-corrected chi connectivity index (χ2v) is 7.41. The Morgan fingerprint density at radius 2 is 1.92 bits per heavy atom. The topological polar surface area (TPSA) is 41.6 Å². The largest absolute Gasteiger partial charge is 0.497 e. The summed E-state index contributed by atoms with van der Waals surface area (Å²) in [6.07, 6.45) is 3.38. The van der Waals surface area contributed by atoms with Crippen molar-refractivity contribution in [1.82, 2.24) is 5.32 Å². The first-order chi connectivity index (χ1) is 12.7. The van der Waals surface area contributed by atoms with Crippen molar-refractivity contribution in [3.8, 4) is 5.75 Å². The Kier molecular flexibility index (Phi) is 4.68. The number of rotatable bonds is 6. The second kappa shape index (κ2) is 7.12. The van der Waals surface area contributed by atoms with Gasteiger partial charge < -0.3 is 15.0 Å². The van der Waals surface area contributed by atoms with Crippen LogP contribution in [0.3, 0.4) is 0 Å². The monoisotopic (exact) mass is 350 g/mol. The third-order valence-corrected chi connectivity index (χ3v) is 5.52. The van der Waals surface area contributed by atoms with Gasteiger partial charge in [-0.1, -0.05) is 30.3 Å². The van der Waals surface area contributed by atoms with E-state index >= 15 is 0 Å². The van der Waals surface area contributed by atoms with E-state index in [-0.39, 0.29) is 18.0 Å². The Balaban J connectivity index is 1.45. The van der Waals surface area contributed by atoms with Gasteiger partial charge in [0, 0.05) is 17.8 Å². The fourth-order valence-corrected chi connectivity index (χ4v) is 4.03. The van der Waals surface area contributed by atoms with E-state index in [9.17, 15) is 4.79 Å². The van der Waals surface area contributed by atoms with E-state index in [0.717, 1.165) is 17.9 Å². The summed E-state index contributed by atoms with van der Waals surface area (Å²) in [7, 11) is 1.68. The van der Waals surface area contributed by atoms with Gasteiger partial charge in [0.05, 0.1) is 13.7 Å². The van der Waals surface area contributed by atoms with E-state index in [0.29, 0.717) is 12.5 Å². The summed E-state index contributed by atoms with van der Waals surface area (Å²) in [5, 5.41) is 3.53. The molecule has 1 fully saturated rings. The number of nitrogens with one attached hydrogen (secondary N) is 1. The number of amides is 1. The van der Waals surface area contributed by atoms with Crippen LogP contribution in [-0.4, -0.2) is 25.6 Å². The van der Waals surface area contributed by atoms with E-state index in [2.05, 4.69) is 36.5 Å². The van der Waals surface area contributed by atoms with Gasteiger partial charge in [0.15, 0.2) is 0 Å². The molecule has 4 nitrogen and oxygen atoms in total. The van der Waals surface area contributed by atoms with E-state index in [1.807, 2.05) is 29.2 Å². The zero-order chi connectivity index (χ0) is 18.1. The van der Waals surface area contributed by atoms with Gasteiger partial charge in [-0.15, -0.1) is 0 Å². The van der Waals surface area contributed by atoms with Crippen LogP contribution in [0.4, 0.5) is 5.69 Å². The molecular weight excluding hydrogens is 324 g/mol. The Labute approximate surface area is 155 Å². The van der Waals surface area contributed by atoms with Crippen molar-refractivity contribution in [1.29, 1.82) is 0 Å². The molecule has 2 atom stereocenters. The molecule has 4 rings (SSSR count). The summed E-state index contributed by atoms with van der Waals surface area (Å²) in [4.78, 5) is 14.9. The highest BCUT2D eigenvalue weighted by atomic mass is 16.5. The fourth-order valence-electron chi connectivity index (χ4n) is 4.03. The van der Waals surface area contributed by atoms with E-state index < -0.39 is 0 Å². The van der Waals surface area contributed by atoms with Gasteiger partial charge in [-0.25, -0.2) is 0 Å². The molecular formula is C22H26N2O2. The summed E-state index contributed by atoms with van der Waals surface area (Å²) in [5.41, 5.74) is 3.57. The summed E-state index contributed by atoms with van der Waals surface area (Å²) in [6, 6.07) is 16.9. The number of methoxy groups -OCH3 is 1. The zero-order valence-corrected chi connectivity index (χ0v) is 15.4. The molecule has 0 saturated heterocycles. The number of carbonyl (C=O) groups is 1. The van der Waals surface area contributed by atoms with Crippen LogP contribution in [0.15, 0.2) is 48.5 Å². The molecule has 0 radical (unpaired) electrons. The standard InChI is InChI=1S/C22H26N2O2/c1-15-13-18-5-3-4-6-20(18)24(15)21(25)14-23-22(16-7-8-16)17-9-11-19(26-2)12-10-17/h3-6,9-12,15-16,22-23H,7-8,13-14H2,1-2H3. The van der Waals surface area contributed by atoms with Gasteiger partial charge >= 0.3 is 0 Å². The first-order valence-electron chi connectivity index (χ1n) is 9.44. The third kappa shape index (κ3) is 3.34. The van der Waals surface area contributed by atoms with Gasteiger partial charge in [-0.3, -0.25) is 4.79 Å². The van der Waals surface area contributed by atoms with E-state index in [1.165, 1.54) is 24.0 Å². The van der Waals surface area contributed by atoms with Gasteiger partial charge in [0.2, 0.25) is 5.91 Å². The molecule has 1 saturated carbocycles. The highest BCUT2D eigenvalue weighted by molar-refractivity contribution is 5.97. The number of ether oxygens (including phenoxy) is 1. The smallest absolute Gasteiger partial charge is 0.241 e. The number of nitrogens with zero attached hydrogens (tertiary/aromatic N) is 1. The van der Waals surface area contributed by atoms with Crippen molar-refractivity contribution in [3.05, 3.63) is 59.7 Å². The van der Waals surface area contributed by atoms with Crippen LogP contribution in [0.1, 0.15) is 36.9 Å². The quantitative estimate of drug-likeness (QED) is 0.863. The number of para-hydroxylation sites is 1. The minimum atomic E-state index is 0.154. The molecule has 0 spiro atoms. The van der Waals surface area contributed by atoms with Crippen molar-refractivity contribution in [2.45, 2.75) is 38.3 Å². The molecule has 2 unspecified atom stereocenters. The molecule has 1 aliphatic carbocycles. The summed E-state index contributed by atoms with van der Waals surface area (Å²) in [5.74, 6) is 1.64. The van der Waals surface area contributed by atoms with Crippen LogP contribution in [0.5, 0.6) is 5.75 Å². The predicted molar refractivity (Wildman–Crippen MR) is 104 cm³/mol. The Morgan fingerprint density at radius 1 is 1.19 bits per heavy atom. The molecule has 26 heavy (non-hydrogen) atoms. The Bertz CT molecular complexity index is 783. The minimum Gasteiger partial charge on any atom is -0.497 e. The fraction of sp³-hybridized carbons (Fsp3) is 0.409. The molecule has 1 heterocycles. The number of hydrogen-bond acceptors (Lipinski definition) is 3. The van der Waals surface area contributed by atoms with Crippen LogP contribution in [0.2, 0.25) is 0 Å². The molecule has 136 valence electrons. The second-order valence-electron chi connectivity index (χ2n) is 7.41. The first-order valence-corrected chi connectivity index (χ1v) is 9.44. The number of carbonyl (C=O) groups excluding carboxylic acids is 1. The van der Waals surface area contributed by atoms with Gasteiger partial charge in [-0.2, -0.15) is 0 Å². The number of anilines is 1. The average molecular weight is 350 g/mol. The van der Waals surface area contributed by atoms with E-state index in [4.69, 9.17) is 4.74 Å². The molecule has 4 heteroatoms. The lowest BCUT2D eigenvalue weighted by Crippen LogP contribution is -2.42. The van der Waals surface area contributed by atoms with Crippen LogP contribution in [0, 0.1) is 5.92 Å². The number of benzene rings is 2. The minimum absolute atomic E-state index is 0.154. The van der Waals surface area contributed by atoms with Crippen molar-refractivity contribution in [3.63, 3.8) is 0 Å². The summed E-state index contributed by atoms with van der Waals surface area (Å²) >= 11 is 0. The lowest BCUT2D eigenvalue weighted by Gasteiger charge is -2.25. The molecule has 2 aromatic rings. The highest BCUT2D eigenvalue weighted by Crippen LogP contribution is 2.41. The molecule has 1 amide bonds. The maximum atomic E-state index is 12.9. The lowest BCUT2D eigenvalue weighted by molar-refractivity contribution is -0.118. The first kappa shape index (κ1) is 17.1. The summed E-state index contributed by atoms with van der Waals surface area (Å²) in [6.45, 7) is 2.49.